The second-order valence-electron chi connectivity index (χ2n) is 9.32. The molecule has 1 aliphatic rings. The summed E-state index contributed by atoms with van der Waals surface area (Å²) in [5.74, 6) is -1.68. The van der Waals surface area contributed by atoms with Gasteiger partial charge < -0.3 is 29.7 Å². The molecule has 198 valence electrons. The molecule has 1 saturated carbocycles. The zero-order valence-electron chi connectivity index (χ0n) is 23.2. The molecule has 0 saturated heterocycles. The summed E-state index contributed by atoms with van der Waals surface area (Å²) in [5, 5.41) is 7.69. The standard InChI is InChI=1S/C27H38N2O7.2Rb/c1-19(2)16-27(34)36-14-5-13-35-15-12-28-25(32)18-26(33)29-21-10-8-20(9-11-21)17-24(31)22-6-3-4-7-23(22)30;;/h8-11,19,22H,3-7,12-18H2,1-2H3,(H2,28,29,32,33);;/q;2*+1/p-2. The number of ketones is 2. The Bertz CT molecular complexity index is 907. The summed E-state index contributed by atoms with van der Waals surface area (Å²) in [6, 6.07) is 6.62. The summed E-state index contributed by atoms with van der Waals surface area (Å²) in [5.41, 5.74) is 1.14. The molecule has 0 bridgehead atoms. The van der Waals surface area contributed by atoms with Crippen molar-refractivity contribution in [2.75, 3.05) is 26.4 Å². The maximum absolute atomic E-state index is 12.4. The molecule has 0 radical (unpaired) electrons. The number of nitrogens with zero attached hydrogens (tertiary/aromatic N) is 2. The van der Waals surface area contributed by atoms with Crippen LogP contribution in [0.3, 0.4) is 0 Å². The largest absolute Gasteiger partial charge is 1.00 e. The zero-order chi connectivity index (χ0) is 26.3. The molecule has 2 rings (SSSR count). The van der Waals surface area contributed by atoms with Crippen LogP contribution in [0.5, 0.6) is 0 Å². The zero-order valence-corrected chi connectivity index (χ0v) is 33.0. The minimum absolute atomic E-state index is 0. The summed E-state index contributed by atoms with van der Waals surface area (Å²) in [6.07, 6.45) is 3.55. The Morgan fingerprint density at radius 3 is 2.34 bits per heavy atom. The van der Waals surface area contributed by atoms with Crippen molar-refractivity contribution in [3.8, 4) is 0 Å². The van der Waals surface area contributed by atoms with Crippen molar-refractivity contribution in [3.05, 3.63) is 40.5 Å². The van der Waals surface area contributed by atoms with E-state index in [0.717, 1.165) is 18.4 Å². The number of rotatable bonds is 15. The predicted molar refractivity (Wildman–Crippen MR) is 134 cm³/mol. The van der Waals surface area contributed by atoms with Crippen molar-refractivity contribution >= 4 is 35.0 Å². The number of Topliss-reactive ketones (excluding diaryl/α,β-unsaturated/α-hetero) is 2. The van der Waals surface area contributed by atoms with Gasteiger partial charge in [-0.05, 0) is 24.3 Å². The fourth-order valence-electron chi connectivity index (χ4n) is 3.78. The fraction of sp³-hybridized carbons (Fsp3) is 0.593. The Hall–Kier alpha value is 0.540. The van der Waals surface area contributed by atoms with Crippen LogP contribution in [0.4, 0.5) is 5.69 Å². The van der Waals surface area contributed by atoms with Gasteiger partial charge in [-0.25, -0.2) is 0 Å². The van der Waals surface area contributed by atoms with Gasteiger partial charge in [0.25, 0.3) is 0 Å². The molecule has 0 aromatic heterocycles. The number of carbonyl (C=O) groups is 5. The maximum atomic E-state index is 12.4. The maximum Gasteiger partial charge on any atom is 1.00 e. The second-order valence-corrected chi connectivity index (χ2v) is 9.32. The second kappa shape index (κ2) is 22.2. The Balaban J connectivity index is 0.00000684. The third-order valence-corrected chi connectivity index (χ3v) is 5.61. The van der Waals surface area contributed by atoms with Crippen LogP contribution in [-0.2, 0) is 39.9 Å². The van der Waals surface area contributed by atoms with E-state index in [2.05, 4.69) is 10.6 Å². The van der Waals surface area contributed by atoms with Crippen molar-refractivity contribution in [3.63, 3.8) is 0 Å². The molecule has 1 fully saturated rings. The van der Waals surface area contributed by atoms with Gasteiger partial charge in [0.05, 0.1) is 24.3 Å². The van der Waals surface area contributed by atoms with Crippen molar-refractivity contribution in [2.45, 2.75) is 65.2 Å². The fourth-order valence-corrected chi connectivity index (χ4v) is 3.78. The molecule has 0 N–H and O–H groups in total. The van der Waals surface area contributed by atoms with E-state index in [0.29, 0.717) is 38.0 Å². The molecule has 9 nitrogen and oxygen atoms in total. The van der Waals surface area contributed by atoms with Crippen LogP contribution in [0.2, 0.25) is 0 Å². The van der Waals surface area contributed by atoms with Gasteiger partial charge >= 0.3 is 122 Å². The van der Waals surface area contributed by atoms with E-state index in [1.807, 2.05) is 13.8 Å². The van der Waals surface area contributed by atoms with Crippen molar-refractivity contribution in [1.82, 2.24) is 0 Å². The summed E-state index contributed by atoms with van der Waals surface area (Å²) in [7, 11) is 0. The number of amides is 2. The molecule has 38 heavy (non-hydrogen) atoms. The smallest absolute Gasteiger partial charge is 0.651 e. The molecule has 1 aliphatic carbocycles. The van der Waals surface area contributed by atoms with E-state index in [9.17, 15) is 24.0 Å². The molecule has 0 spiro atoms. The molecule has 0 heterocycles. The van der Waals surface area contributed by atoms with Crippen LogP contribution in [0.1, 0.15) is 64.4 Å². The molecule has 1 unspecified atom stereocenters. The summed E-state index contributed by atoms with van der Waals surface area (Å²) < 4.78 is 10.4. The molecule has 11 heteroatoms. The molecule has 0 aliphatic heterocycles. The number of carbonyl (C=O) groups excluding carboxylic acids is 5. The van der Waals surface area contributed by atoms with Crippen molar-refractivity contribution < 1.29 is 150 Å². The van der Waals surface area contributed by atoms with Gasteiger partial charge in [0, 0.05) is 45.3 Å². The first-order valence-corrected chi connectivity index (χ1v) is 12.6. The van der Waals surface area contributed by atoms with Crippen LogP contribution in [0.25, 0.3) is 10.6 Å². The van der Waals surface area contributed by atoms with Crippen LogP contribution >= 0.6 is 0 Å². The van der Waals surface area contributed by atoms with Gasteiger partial charge in [-0.1, -0.05) is 44.5 Å². The van der Waals surface area contributed by atoms with Crippen molar-refractivity contribution in [2.24, 2.45) is 11.8 Å². The van der Waals surface area contributed by atoms with E-state index in [1.54, 1.807) is 24.3 Å². The monoisotopic (exact) mass is 670 g/mol. The van der Waals surface area contributed by atoms with E-state index in [1.165, 1.54) is 0 Å². The quantitative estimate of drug-likeness (QED) is 0.125. The number of benzene rings is 1. The third kappa shape index (κ3) is 16.7. The first-order valence-electron chi connectivity index (χ1n) is 12.6. The molecular weight excluding hydrogens is 635 g/mol. The topological polar surface area (TPSA) is 132 Å². The Kier molecular flexibility index (Phi) is 22.5. The number of esters is 1. The molecule has 1 aromatic carbocycles. The summed E-state index contributed by atoms with van der Waals surface area (Å²) >= 11 is 0. The average molecular weight is 672 g/mol. The van der Waals surface area contributed by atoms with E-state index >= 15 is 0 Å². The molecule has 1 aromatic rings. The number of hydrogen-bond acceptors (Lipinski definition) is 7. The van der Waals surface area contributed by atoms with Crippen LogP contribution in [0.15, 0.2) is 24.3 Å². The normalized spacial score (nSPS) is 14.6. The first kappa shape index (κ1) is 38.5. The van der Waals surface area contributed by atoms with Crippen LogP contribution < -0.4 is 116 Å². The summed E-state index contributed by atoms with van der Waals surface area (Å²) in [4.78, 5) is 59.7. The SMILES string of the molecule is CC(C)CC(=O)OCCCOCC[N-]C(=O)CC(=O)[N-]c1ccc(CC(=O)C2CCCCC2=O)cc1.[Rb+].[Rb+]. The van der Waals surface area contributed by atoms with Crippen molar-refractivity contribution in [1.29, 1.82) is 0 Å². The average Bonchev–Trinajstić information content (AvgIpc) is 2.81. The van der Waals surface area contributed by atoms with Gasteiger partial charge in [-0.3, -0.25) is 14.4 Å². The Labute approximate surface area is 323 Å². The third-order valence-electron chi connectivity index (χ3n) is 5.61. The van der Waals surface area contributed by atoms with Gasteiger partial charge in [0.2, 0.25) is 0 Å². The van der Waals surface area contributed by atoms with E-state index in [-0.39, 0.29) is 166 Å². The van der Waals surface area contributed by atoms with E-state index in [4.69, 9.17) is 9.47 Å². The predicted octanol–water partition coefficient (Wildman–Crippen LogP) is -1.62. The summed E-state index contributed by atoms with van der Waals surface area (Å²) in [6.45, 7) is 4.92. The molecule has 2 amide bonds. The van der Waals surface area contributed by atoms with Gasteiger partial charge in [0.15, 0.2) is 0 Å². The molecule has 1 atom stereocenters. The number of hydrogen-bond donors (Lipinski definition) is 0. The minimum Gasteiger partial charge on any atom is -0.651 e. The number of ether oxygens (including phenoxy) is 2. The van der Waals surface area contributed by atoms with E-state index < -0.39 is 24.2 Å². The first-order chi connectivity index (χ1) is 17.2. The van der Waals surface area contributed by atoms with Gasteiger partial charge in [-0.15, -0.1) is 12.2 Å². The van der Waals surface area contributed by atoms with Gasteiger partial charge in [-0.2, -0.15) is 0 Å². The van der Waals surface area contributed by atoms with Crippen LogP contribution in [0, 0.1) is 11.8 Å². The van der Waals surface area contributed by atoms with Gasteiger partial charge in [0.1, 0.15) is 11.6 Å². The molecular formula is C27H36N2O7Rb2. The Morgan fingerprint density at radius 1 is 0.974 bits per heavy atom. The minimum atomic E-state index is -0.607. The Morgan fingerprint density at radius 2 is 1.68 bits per heavy atom. The van der Waals surface area contributed by atoms with Crippen LogP contribution in [-0.4, -0.2) is 55.7 Å².